The van der Waals surface area contributed by atoms with Crippen molar-refractivity contribution in [3.8, 4) is 0 Å². The summed E-state index contributed by atoms with van der Waals surface area (Å²) in [7, 11) is 0. The summed E-state index contributed by atoms with van der Waals surface area (Å²) < 4.78 is 0. The molecular weight excluding hydrogens is 128 g/mol. The van der Waals surface area contributed by atoms with Crippen LogP contribution < -0.4 is 0 Å². The fourth-order valence-electron chi connectivity index (χ4n) is 0.907. The van der Waals surface area contributed by atoms with E-state index in [-0.39, 0.29) is 0 Å². The molecular formula is C8H13S. The van der Waals surface area contributed by atoms with E-state index < -0.39 is 0 Å². The van der Waals surface area contributed by atoms with Crippen LogP contribution in [0.5, 0.6) is 0 Å². The first kappa shape index (κ1) is 7.20. The second-order valence-electron chi connectivity index (χ2n) is 2.34. The summed E-state index contributed by atoms with van der Waals surface area (Å²) in [5.74, 6) is 0. The van der Waals surface area contributed by atoms with E-state index >= 15 is 0 Å². The van der Waals surface area contributed by atoms with Crippen molar-refractivity contribution in [2.24, 2.45) is 0 Å². The van der Waals surface area contributed by atoms with Crippen molar-refractivity contribution in [1.29, 1.82) is 0 Å². The summed E-state index contributed by atoms with van der Waals surface area (Å²) in [6, 6.07) is 0. The second kappa shape index (κ2) is 3.99. The first-order valence-corrected chi connectivity index (χ1v) is 4.48. The largest absolute Gasteiger partial charge is 0.126 e. The third-order valence-corrected chi connectivity index (χ3v) is 2.52. The van der Waals surface area contributed by atoms with Gasteiger partial charge in [0.25, 0.3) is 0 Å². The van der Waals surface area contributed by atoms with Gasteiger partial charge in [0.2, 0.25) is 0 Å². The van der Waals surface area contributed by atoms with Gasteiger partial charge in [0.15, 0.2) is 0 Å². The van der Waals surface area contributed by atoms with Crippen molar-refractivity contribution in [1.82, 2.24) is 0 Å². The van der Waals surface area contributed by atoms with E-state index in [2.05, 4.69) is 18.4 Å². The minimum absolute atomic E-state index is 1.23. The van der Waals surface area contributed by atoms with Crippen molar-refractivity contribution in [2.75, 3.05) is 0 Å². The Bertz CT molecular complexity index is 88.7. The van der Waals surface area contributed by atoms with Crippen LogP contribution >= 0.6 is 11.8 Å². The Morgan fingerprint density at radius 1 is 1.67 bits per heavy atom. The molecule has 0 unspecified atom stereocenters. The molecule has 1 radical (unpaired) electrons. The fraction of sp³-hybridized carbons (Fsp3) is 0.625. The molecule has 0 saturated carbocycles. The SMILES string of the molecule is CCCC[C]1CC=CS1. The predicted octanol–water partition coefficient (Wildman–Crippen LogP) is 3.36. The maximum atomic E-state index is 2.25. The van der Waals surface area contributed by atoms with Gasteiger partial charge in [0.05, 0.1) is 0 Å². The Morgan fingerprint density at radius 2 is 2.56 bits per heavy atom. The number of allylic oxidation sites excluding steroid dienone is 1. The van der Waals surface area contributed by atoms with E-state index in [9.17, 15) is 0 Å². The van der Waals surface area contributed by atoms with Crippen molar-refractivity contribution >= 4 is 11.8 Å². The molecule has 1 heteroatoms. The number of hydrogen-bond donors (Lipinski definition) is 0. The van der Waals surface area contributed by atoms with Gasteiger partial charge in [-0.15, -0.1) is 11.8 Å². The van der Waals surface area contributed by atoms with Gasteiger partial charge >= 0.3 is 0 Å². The lowest BCUT2D eigenvalue weighted by atomic mass is 10.1. The molecule has 1 heterocycles. The average Bonchev–Trinajstić information content (AvgIpc) is 2.34. The number of unbranched alkanes of at least 4 members (excludes halogenated alkanes) is 1. The highest BCUT2D eigenvalue weighted by Gasteiger charge is 2.09. The Morgan fingerprint density at radius 3 is 3.11 bits per heavy atom. The third kappa shape index (κ3) is 2.44. The topological polar surface area (TPSA) is 0 Å². The standard InChI is InChI=1S/C8H13S/c1-2-3-5-8-6-4-7-9-8/h4,7H,2-3,5-6H2,1H3. The summed E-state index contributed by atoms with van der Waals surface area (Å²) >= 11 is 1.92. The molecule has 0 aromatic heterocycles. The second-order valence-corrected chi connectivity index (χ2v) is 3.42. The molecule has 0 N–H and O–H groups in total. The van der Waals surface area contributed by atoms with Crippen LogP contribution in [0.15, 0.2) is 11.5 Å². The van der Waals surface area contributed by atoms with Gasteiger partial charge < -0.3 is 0 Å². The Labute approximate surface area is 61.7 Å². The van der Waals surface area contributed by atoms with Crippen molar-refractivity contribution in [3.05, 3.63) is 16.7 Å². The Balaban J connectivity index is 2.01. The van der Waals surface area contributed by atoms with Crippen LogP contribution in [0.25, 0.3) is 0 Å². The third-order valence-electron chi connectivity index (χ3n) is 1.49. The maximum absolute atomic E-state index is 2.25. The van der Waals surface area contributed by atoms with E-state index in [1.807, 2.05) is 11.8 Å². The molecule has 1 rings (SSSR count). The van der Waals surface area contributed by atoms with Crippen molar-refractivity contribution in [3.63, 3.8) is 0 Å². The molecule has 0 spiro atoms. The Kier molecular flexibility index (Phi) is 3.20. The van der Waals surface area contributed by atoms with E-state index in [1.54, 1.807) is 5.25 Å². The molecule has 0 amide bonds. The van der Waals surface area contributed by atoms with E-state index in [4.69, 9.17) is 0 Å². The summed E-state index contributed by atoms with van der Waals surface area (Å²) in [6.07, 6.45) is 7.49. The molecule has 0 nitrogen and oxygen atoms in total. The minimum Gasteiger partial charge on any atom is -0.126 e. The lowest BCUT2D eigenvalue weighted by Crippen LogP contribution is -1.84. The van der Waals surface area contributed by atoms with Gasteiger partial charge in [-0.2, -0.15) is 0 Å². The molecule has 1 aliphatic heterocycles. The average molecular weight is 141 g/mol. The van der Waals surface area contributed by atoms with E-state index in [0.29, 0.717) is 0 Å². The van der Waals surface area contributed by atoms with Crippen LogP contribution in [0, 0.1) is 5.25 Å². The maximum Gasteiger partial charge on any atom is 0.0388 e. The quantitative estimate of drug-likeness (QED) is 0.580. The van der Waals surface area contributed by atoms with Gasteiger partial charge in [-0.3, -0.25) is 0 Å². The first-order chi connectivity index (χ1) is 4.43. The van der Waals surface area contributed by atoms with Crippen LogP contribution in [0.2, 0.25) is 0 Å². The molecule has 0 aliphatic carbocycles. The monoisotopic (exact) mass is 141 g/mol. The molecule has 9 heavy (non-hydrogen) atoms. The number of rotatable bonds is 3. The lowest BCUT2D eigenvalue weighted by molar-refractivity contribution is 0.760. The summed E-state index contributed by atoms with van der Waals surface area (Å²) in [5.41, 5.74) is 0. The molecule has 0 bridgehead atoms. The minimum atomic E-state index is 1.23. The smallest absolute Gasteiger partial charge is 0.0388 e. The molecule has 51 valence electrons. The molecule has 0 saturated heterocycles. The summed E-state index contributed by atoms with van der Waals surface area (Å²) in [5, 5.41) is 3.85. The highest BCUT2D eigenvalue weighted by Crippen LogP contribution is 2.35. The van der Waals surface area contributed by atoms with Crippen LogP contribution in [-0.2, 0) is 0 Å². The molecule has 0 fully saturated rings. The predicted molar refractivity (Wildman–Crippen MR) is 44.1 cm³/mol. The molecule has 0 aromatic carbocycles. The van der Waals surface area contributed by atoms with Crippen LogP contribution in [0.3, 0.4) is 0 Å². The van der Waals surface area contributed by atoms with E-state index in [0.717, 1.165) is 0 Å². The van der Waals surface area contributed by atoms with Crippen molar-refractivity contribution in [2.45, 2.75) is 32.6 Å². The van der Waals surface area contributed by atoms with Gasteiger partial charge in [0.1, 0.15) is 0 Å². The zero-order valence-corrected chi connectivity index (χ0v) is 6.71. The lowest BCUT2D eigenvalue weighted by Gasteiger charge is -2.03. The van der Waals surface area contributed by atoms with Gasteiger partial charge in [-0.05, 0) is 18.2 Å². The van der Waals surface area contributed by atoms with E-state index in [1.165, 1.54) is 25.7 Å². The fourth-order valence-corrected chi connectivity index (χ4v) is 1.75. The zero-order valence-electron chi connectivity index (χ0n) is 5.89. The first-order valence-electron chi connectivity index (χ1n) is 3.60. The van der Waals surface area contributed by atoms with Gasteiger partial charge in [-0.25, -0.2) is 0 Å². The highest BCUT2D eigenvalue weighted by molar-refractivity contribution is 8.05. The highest BCUT2D eigenvalue weighted by atomic mass is 32.2. The van der Waals surface area contributed by atoms with Crippen LogP contribution in [0.1, 0.15) is 32.6 Å². The van der Waals surface area contributed by atoms with Gasteiger partial charge in [-0.1, -0.05) is 25.8 Å². The summed E-state index contributed by atoms with van der Waals surface area (Å²) in [6.45, 7) is 2.24. The van der Waals surface area contributed by atoms with Crippen LogP contribution in [-0.4, -0.2) is 0 Å². The number of hydrogen-bond acceptors (Lipinski definition) is 1. The molecule has 0 atom stereocenters. The van der Waals surface area contributed by atoms with Crippen molar-refractivity contribution < 1.29 is 0 Å². The van der Waals surface area contributed by atoms with Gasteiger partial charge in [0, 0.05) is 5.25 Å². The zero-order chi connectivity index (χ0) is 6.53. The molecule has 1 aliphatic rings. The summed E-state index contributed by atoms with van der Waals surface area (Å²) in [4.78, 5) is 0. The molecule has 0 aromatic rings. The number of thioether (sulfide) groups is 1. The normalized spacial score (nSPS) is 19.2. The van der Waals surface area contributed by atoms with Crippen LogP contribution in [0.4, 0.5) is 0 Å². The Hall–Kier alpha value is 0.0900.